The predicted molar refractivity (Wildman–Crippen MR) is 70.0 cm³/mol. The molecule has 0 aliphatic carbocycles. The minimum Gasteiger partial charge on any atom is -0.495 e. The van der Waals surface area contributed by atoms with Gasteiger partial charge in [0.25, 0.3) is 0 Å². The van der Waals surface area contributed by atoms with Crippen LogP contribution in [0.25, 0.3) is 0 Å². The SMILES string of the molecule is C#CC1CC(=O)N(c2ccc(Br)c(OC)c2)C1. The summed E-state index contributed by atoms with van der Waals surface area (Å²) in [7, 11) is 1.60. The molecule has 1 heterocycles. The lowest BCUT2D eigenvalue weighted by Crippen LogP contribution is -2.24. The average molecular weight is 294 g/mol. The van der Waals surface area contributed by atoms with Crippen LogP contribution in [0.15, 0.2) is 22.7 Å². The van der Waals surface area contributed by atoms with Crippen molar-refractivity contribution >= 4 is 27.5 Å². The molecule has 1 atom stereocenters. The third-order valence-electron chi connectivity index (χ3n) is 2.81. The fourth-order valence-electron chi connectivity index (χ4n) is 1.89. The van der Waals surface area contributed by atoms with Crippen LogP contribution in [0.5, 0.6) is 5.75 Å². The molecule has 2 rings (SSSR count). The van der Waals surface area contributed by atoms with Gasteiger partial charge in [0.15, 0.2) is 0 Å². The van der Waals surface area contributed by atoms with E-state index in [1.807, 2.05) is 18.2 Å². The second-order valence-electron chi connectivity index (χ2n) is 3.89. The summed E-state index contributed by atoms with van der Waals surface area (Å²) in [5, 5.41) is 0. The number of hydrogen-bond acceptors (Lipinski definition) is 2. The second-order valence-corrected chi connectivity index (χ2v) is 4.75. The van der Waals surface area contributed by atoms with Gasteiger partial charge in [0.05, 0.1) is 11.6 Å². The Kier molecular flexibility index (Phi) is 3.39. The Morgan fingerprint density at radius 3 is 2.94 bits per heavy atom. The molecule has 0 aromatic heterocycles. The quantitative estimate of drug-likeness (QED) is 0.784. The first-order valence-electron chi connectivity index (χ1n) is 5.25. The number of halogens is 1. The van der Waals surface area contributed by atoms with Gasteiger partial charge in [0, 0.05) is 30.6 Å². The highest BCUT2D eigenvalue weighted by molar-refractivity contribution is 9.10. The average Bonchev–Trinajstić information content (AvgIpc) is 2.71. The molecule has 3 nitrogen and oxygen atoms in total. The number of terminal acetylenes is 1. The number of anilines is 1. The van der Waals surface area contributed by atoms with Gasteiger partial charge < -0.3 is 9.64 Å². The first kappa shape index (κ1) is 12.0. The summed E-state index contributed by atoms with van der Waals surface area (Å²) in [6, 6.07) is 5.58. The summed E-state index contributed by atoms with van der Waals surface area (Å²) in [6.45, 7) is 0.583. The van der Waals surface area contributed by atoms with Crippen LogP contribution in [0.2, 0.25) is 0 Å². The van der Waals surface area contributed by atoms with Gasteiger partial charge in [0.1, 0.15) is 5.75 Å². The summed E-state index contributed by atoms with van der Waals surface area (Å²) < 4.78 is 6.07. The fraction of sp³-hybridized carbons (Fsp3) is 0.308. The fourth-order valence-corrected chi connectivity index (χ4v) is 2.29. The molecule has 4 heteroatoms. The maximum Gasteiger partial charge on any atom is 0.228 e. The second kappa shape index (κ2) is 4.80. The highest BCUT2D eigenvalue weighted by atomic mass is 79.9. The Balaban J connectivity index is 2.29. The highest BCUT2D eigenvalue weighted by Gasteiger charge is 2.29. The molecule has 1 aromatic carbocycles. The van der Waals surface area contributed by atoms with Gasteiger partial charge in [-0.25, -0.2) is 0 Å². The Morgan fingerprint density at radius 2 is 2.35 bits per heavy atom. The van der Waals surface area contributed by atoms with Gasteiger partial charge in [-0.2, -0.15) is 0 Å². The summed E-state index contributed by atoms with van der Waals surface area (Å²) in [5.74, 6) is 3.42. The van der Waals surface area contributed by atoms with Gasteiger partial charge in [0.2, 0.25) is 5.91 Å². The molecule has 17 heavy (non-hydrogen) atoms. The van der Waals surface area contributed by atoms with E-state index in [0.29, 0.717) is 18.7 Å². The number of methoxy groups -OCH3 is 1. The zero-order valence-electron chi connectivity index (χ0n) is 9.44. The number of rotatable bonds is 2. The Labute approximate surface area is 109 Å². The number of carbonyl (C=O) groups is 1. The number of nitrogens with zero attached hydrogens (tertiary/aromatic N) is 1. The maximum absolute atomic E-state index is 11.8. The van der Waals surface area contributed by atoms with Crippen LogP contribution in [0.1, 0.15) is 6.42 Å². The van der Waals surface area contributed by atoms with Crippen molar-refractivity contribution < 1.29 is 9.53 Å². The molecular formula is C13H12BrNO2. The van der Waals surface area contributed by atoms with Crippen LogP contribution in [0.4, 0.5) is 5.69 Å². The Bertz CT molecular complexity index is 493. The molecule has 0 saturated carbocycles. The third-order valence-corrected chi connectivity index (χ3v) is 3.46. The van der Waals surface area contributed by atoms with Crippen molar-refractivity contribution in [1.29, 1.82) is 0 Å². The molecule has 1 aliphatic rings. The van der Waals surface area contributed by atoms with E-state index in [1.165, 1.54) is 0 Å². The van der Waals surface area contributed by atoms with E-state index in [0.717, 1.165) is 10.2 Å². The first-order valence-corrected chi connectivity index (χ1v) is 6.05. The van der Waals surface area contributed by atoms with Crippen molar-refractivity contribution in [2.75, 3.05) is 18.6 Å². The van der Waals surface area contributed by atoms with Crippen molar-refractivity contribution in [2.45, 2.75) is 6.42 Å². The molecule has 1 fully saturated rings. The zero-order valence-corrected chi connectivity index (χ0v) is 11.0. The summed E-state index contributed by atoms with van der Waals surface area (Å²) in [4.78, 5) is 13.5. The Hall–Kier alpha value is -1.47. The summed E-state index contributed by atoms with van der Waals surface area (Å²) in [5.41, 5.74) is 0.827. The maximum atomic E-state index is 11.8. The predicted octanol–water partition coefficient (Wildman–Crippen LogP) is 2.44. The lowest BCUT2D eigenvalue weighted by Gasteiger charge is -2.17. The summed E-state index contributed by atoms with van der Waals surface area (Å²) >= 11 is 3.38. The molecule has 0 radical (unpaired) electrons. The largest absolute Gasteiger partial charge is 0.495 e. The van der Waals surface area contributed by atoms with Crippen LogP contribution >= 0.6 is 15.9 Å². The summed E-state index contributed by atoms with van der Waals surface area (Å²) in [6.07, 6.45) is 5.78. The number of amides is 1. The van der Waals surface area contributed by atoms with Gasteiger partial charge in [-0.15, -0.1) is 12.3 Å². The van der Waals surface area contributed by atoms with E-state index < -0.39 is 0 Å². The van der Waals surface area contributed by atoms with E-state index in [1.54, 1.807) is 12.0 Å². The molecule has 88 valence electrons. The monoisotopic (exact) mass is 293 g/mol. The molecule has 1 saturated heterocycles. The standard InChI is InChI=1S/C13H12BrNO2/c1-3-9-6-13(16)15(8-9)10-4-5-11(14)12(7-10)17-2/h1,4-5,7,9H,6,8H2,2H3. The molecule has 1 aliphatic heterocycles. The van der Waals surface area contributed by atoms with Gasteiger partial charge in [-0.1, -0.05) is 0 Å². The van der Waals surface area contributed by atoms with Crippen LogP contribution in [-0.4, -0.2) is 19.6 Å². The number of hydrogen-bond donors (Lipinski definition) is 0. The minimum absolute atomic E-state index is 0.0112. The highest BCUT2D eigenvalue weighted by Crippen LogP contribution is 2.32. The molecule has 0 N–H and O–H groups in total. The van der Waals surface area contributed by atoms with Crippen molar-refractivity contribution in [3.05, 3.63) is 22.7 Å². The van der Waals surface area contributed by atoms with Crippen molar-refractivity contribution in [2.24, 2.45) is 5.92 Å². The third kappa shape index (κ3) is 2.29. The molecular weight excluding hydrogens is 282 g/mol. The van der Waals surface area contributed by atoms with Gasteiger partial charge in [-0.3, -0.25) is 4.79 Å². The smallest absolute Gasteiger partial charge is 0.228 e. The topological polar surface area (TPSA) is 29.5 Å². The van der Waals surface area contributed by atoms with Crippen LogP contribution in [-0.2, 0) is 4.79 Å². The first-order chi connectivity index (χ1) is 8.15. The number of ether oxygens (including phenoxy) is 1. The lowest BCUT2D eigenvalue weighted by atomic mass is 10.1. The van der Waals surface area contributed by atoms with Crippen molar-refractivity contribution in [1.82, 2.24) is 0 Å². The van der Waals surface area contributed by atoms with Crippen molar-refractivity contribution in [3.8, 4) is 18.1 Å². The number of benzene rings is 1. The normalized spacial score (nSPS) is 19.2. The molecule has 0 bridgehead atoms. The van der Waals surface area contributed by atoms with E-state index in [-0.39, 0.29) is 11.8 Å². The Morgan fingerprint density at radius 1 is 1.59 bits per heavy atom. The minimum atomic E-state index is 0.0112. The van der Waals surface area contributed by atoms with E-state index in [2.05, 4.69) is 21.9 Å². The van der Waals surface area contributed by atoms with Gasteiger partial charge in [-0.05, 0) is 28.1 Å². The molecule has 0 spiro atoms. The van der Waals surface area contributed by atoms with Crippen molar-refractivity contribution in [3.63, 3.8) is 0 Å². The van der Waals surface area contributed by atoms with Crippen LogP contribution in [0, 0.1) is 18.3 Å². The zero-order chi connectivity index (χ0) is 12.4. The van der Waals surface area contributed by atoms with Crippen LogP contribution in [0.3, 0.4) is 0 Å². The van der Waals surface area contributed by atoms with E-state index >= 15 is 0 Å². The van der Waals surface area contributed by atoms with Gasteiger partial charge >= 0.3 is 0 Å². The lowest BCUT2D eigenvalue weighted by molar-refractivity contribution is -0.117. The molecule has 1 aromatic rings. The molecule has 1 amide bonds. The molecule has 1 unspecified atom stereocenters. The number of carbonyl (C=O) groups excluding carboxylic acids is 1. The van der Waals surface area contributed by atoms with E-state index in [4.69, 9.17) is 11.2 Å². The van der Waals surface area contributed by atoms with E-state index in [9.17, 15) is 4.79 Å². The van der Waals surface area contributed by atoms with Crippen LogP contribution < -0.4 is 9.64 Å².